The minimum Gasteiger partial charge on any atom is -0.168 e. The van der Waals surface area contributed by atoms with Crippen molar-refractivity contribution in [3.63, 3.8) is 0 Å². The van der Waals surface area contributed by atoms with Crippen LogP contribution in [0.1, 0.15) is 0 Å². The first-order valence-corrected chi connectivity index (χ1v) is 3.07. The maximum absolute atomic E-state index is 2.12. The maximum Gasteiger partial charge on any atom is 0 e. The molecule has 0 saturated carbocycles. The zero-order valence-electron chi connectivity index (χ0n) is 5.54. The zero-order valence-corrected chi connectivity index (χ0v) is 9.13. The molecule has 2 aromatic rings. The van der Waals surface area contributed by atoms with Gasteiger partial charge in [-0.3, -0.25) is 0 Å². The van der Waals surface area contributed by atoms with Crippen LogP contribution in [0.25, 0.3) is 10.8 Å². The van der Waals surface area contributed by atoms with E-state index in [-0.39, 0.29) is 25.8 Å². The summed E-state index contributed by atoms with van der Waals surface area (Å²) in [6.45, 7) is 0. The molecule has 0 nitrogen and oxygen atoms in total. The first-order chi connectivity index (χ1) is 4.47. The Morgan fingerprint density at radius 3 is 2.60 bits per heavy atom. The Bertz CT molecular complexity index is 279. The van der Waals surface area contributed by atoms with Crippen molar-refractivity contribution in [3.8, 4) is 0 Å². The van der Waals surface area contributed by atoms with E-state index in [2.05, 4.69) is 42.5 Å². The standard InChI is InChI=1S/C9H7.Hf/c1-2-5-9-7-3-6-8(9)4-1;/h1-7H;/q-1;. The van der Waals surface area contributed by atoms with Gasteiger partial charge in [0.15, 0.2) is 0 Å². The van der Waals surface area contributed by atoms with Crippen LogP contribution in [0.3, 0.4) is 0 Å². The molecule has 0 N–H and O–H groups in total. The second-order valence-corrected chi connectivity index (χ2v) is 2.15. The summed E-state index contributed by atoms with van der Waals surface area (Å²) < 4.78 is 0. The average Bonchev–Trinajstić information content (AvgIpc) is 2.33. The van der Waals surface area contributed by atoms with Gasteiger partial charge in [-0.1, -0.05) is 6.07 Å². The van der Waals surface area contributed by atoms with E-state index in [4.69, 9.17) is 0 Å². The SMILES string of the molecule is [Hf].c1ccc2[cH-]ccc2c1. The molecule has 0 bridgehead atoms. The Kier molecular flexibility index (Phi) is 2.50. The van der Waals surface area contributed by atoms with Crippen LogP contribution in [0.5, 0.6) is 0 Å². The molecule has 0 saturated heterocycles. The van der Waals surface area contributed by atoms with E-state index in [1.807, 2.05) is 0 Å². The quantitative estimate of drug-likeness (QED) is 0.517. The van der Waals surface area contributed by atoms with Gasteiger partial charge in [-0.05, 0) is 0 Å². The number of fused-ring (bicyclic) bond motifs is 1. The third kappa shape index (κ3) is 1.24. The van der Waals surface area contributed by atoms with Gasteiger partial charge in [-0.25, -0.2) is 0 Å². The van der Waals surface area contributed by atoms with Crippen LogP contribution in [-0.4, -0.2) is 0 Å². The summed E-state index contributed by atoms with van der Waals surface area (Å²) in [6, 6.07) is 14.7. The summed E-state index contributed by atoms with van der Waals surface area (Å²) >= 11 is 0. The molecule has 0 heterocycles. The van der Waals surface area contributed by atoms with Gasteiger partial charge in [-0.2, -0.15) is 17.5 Å². The Morgan fingerprint density at radius 1 is 1.00 bits per heavy atom. The summed E-state index contributed by atoms with van der Waals surface area (Å²) in [7, 11) is 0. The van der Waals surface area contributed by atoms with Crippen LogP contribution in [0.2, 0.25) is 0 Å². The second-order valence-electron chi connectivity index (χ2n) is 2.15. The molecule has 0 aliphatic heterocycles. The van der Waals surface area contributed by atoms with Crippen molar-refractivity contribution in [3.05, 3.63) is 42.5 Å². The molecule has 10 heavy (non-hydrogen) atoms. The maximum atomic E-state index is 2.12. The fourth-order valence-electron chi connectivity index (χ4n) is 1.07. The van der Waals surface area contributed by atoms with Gasteiger partial charge in [0.05, 0.1) is 0 Å². The van der Waals surface area contributed by atoms with Gasteiger partial charge in [0, 0.05) is 25.8 Å². The van der Waals surface area contributed by atoms with Crippen molar-refractivity contribution >= 4 is 10.8 Å². The molecular weight excluding hydrogens is 287 g/mol. The van der Waals surface area contributed by atoms with Gasteiger partial charge in [0.2, 0.25) is 0 Å². The van der Waals surface area contributed by atoms with Crippen LogP contribution in [0.15, 0.2) is 42.5 Å². The largest absolute Gasteiger partial charge is 0.168 e. The number of hydrogen-bond donors (Lipinski definition) is 0. The van der Waals surface area contributed by atoms with Gasteiger partial charge in [-0.15, -0.1) is 29.7 Å². The monoisotopic (exact) mass is 295 g/mol. The van der Waals surface area contributed by atoms with Crippen molar-refractivity contribution in [1.82, 2.24) is 0 Å². The van der Waals surface area contributed by atoms with E-state index in [1.54, 1.807) is 0 Å². The first-order valence-electron chi connectivity index (χ1n) is 3.07. The number of hydrogen-bond acceptors (Lipinski definition) is 0. The third-order valence-electron chi connectivity index (χ3n) is 1.55. The zero-order chi connectivity index (χ0) is 6.10. The Hall–Kier alpha value is -0.300. The van der Waals surface area contributed by atoms with Crippen LogP contribution < -0.4 is 0 Å². The molecule has 0 aromatic heterocycles. The molecule has 0 amide bonds. The van der Waals surface area contributed by atoms with Crippen molar-refractivity contribution in [2.75, 3.05) is 0 Å². The molecule has 0 aliphatic rings. The molecule has 48 valence electrons. The van der Waals surface area contributed by atoms with Crippen molar-refractivity contribution in [2.45, 2.75) is 0 Å². The molecule has 0 unspecified atom stereocenters. The van der Waals surface area contributed by atoms with E-state index >= 15 is 0 Å². The fourth-order valence-corrected chi connectivity index (χ4v) is 1.07. The normalized spacial score (nSPS) is 9.20. The van der Waals surface area contributed by atoms with E-state index in [0.717, 1.165) is 0 Å². The molecule has 0 radical (unpaired) electrons. The number of rotatable bonds is 0. The number of benzene rings is 1. The van der Waals surface area contributed by atoms with Crippen LogP contribution in [0.4, 0.5) is 0 Å². The summed E-state index contributed by atoms with van der Waals surface area (Å²) in [5.41, 5.74) is 0. The third-order valence-corrected chi connectivity index (χ3v) is 1.55. The molecule has 1 heteroatoms. The molecular formula is C9H7Hf-. The minimum absolute atomic E-state index is 0. The topological polar surface area (TPSA) is 0 Å². The van der Waals surface area contributed by atoms with E-state index in [0.29, 0.717) is 0 Å². The average molecular weight is 294 g/mol. The summed E-state index contributed by atoms with van der Waals surface area (Å²) in [5.74, 6) is 0. The van der Waals surface area contributed by atoms with Gasteiger partial charge < -0.3 is 0 Å². The van der Waals surface area contributed by atoms with Crippen LogP contribution in [0, 0.1) is 0 Å². The van der Waals surface area contributed by atoms with Gasteiger partial charge >= 0.3 is 0 Å². The predicted molar refractivity (Wildman–Crippen MR) is 39.5 cm³/mol. The molecule has 0 atom stereocenters. The fraction of sp³-hybridized carbons (Fsp3) is 0. The van der Waals surface area contributed by atoms with E-state index < -0.39 is 0 Å². The smallest absolute Gasteiger partial charge is 0 e. The Balaban J connectivity index is 0.000000500. The summed E-state index contributed by atoms with van der Waals surface area (Å²) in [6.07, 6.45) is 0. The first kappa shape index (κ1) is 7.80. The Morgan fingerprint density at radius 2 is 1.80 bits per heavy atom. The van der Waals surface area contributed by atoms with Crippen LogP contribution in [-0.2, 0) is 25.8 Å². The molecule has 0 aliphatic carbocycles. The van der Waals surface area contributed by atoms with E-state index in [9.17, 15) is 0 Å². The van der Waals surface area contributed by atoms with Crippen LogP contribution >= 0.6 is 0 Å². The van der Waals surface area contributed by atoms with Crippen molar-refractivity contribution in [2.24, 2.45) is 0 Å². The minimum atomic E-state index is 0. The summed E-state index contributed by atoms with van der Waals surface area (Å²) in [5, 5.41) is 2.66. The molecule has 2 rings (SSSR count). The van der Waals surface area contributed by atoms with Gasteiger partial charge in [0.1, 0.15) is 0 Å². The van der Waals surface area contributed by atoms with E-state index in [1.165, 1.54) is 10.8 Å². The summed E-state index contributed by atoms with van der Waals surface area (Å²) in [4.78, 5) is 0. The van der Waals surface area contributed by atoms with Gasteiger partial charge in [0.25, 0.3) is 0 Å². The Labute approximate surface area is 79.0 Å². The van der Waals surface area contributed by atoms with Crippen molar-refractivity contribution < 1.29 is 25.8 Å². The molecule has 0 fully saturated rings. The molecule has 2 aromatic carbocycles. The second kappa shape index (κ2) is 3.20. The molecule has 0 spiro atoms. The van der Waals surface area contributed by atoms with Crippen molar-refractivity contribution in [1.29, 1.82) is 0 Å². The predicted octanol–water partition coefficient (Wildman–Crippen LogP) is 2.56.